The number of hydrogen-bond donors (Lipinski definition) is 2. The first-order valence-electron chi connectivity index (χ1n) is 3.96. The van der Waals surface area contributed by atoms with Crippen molar-refractivity contribution < 1.29 is 5.11 Å². The first-order chi connectivity index (χ1) is 6.25. The lowest BCUT2D eigenvalue weighted by Crippen LogP contribution is -2.02. The van der Waals surface area contributed by atoms with Gasteiger partial charge in [-0.1, -0.05) is 0 Å². The van der Waals surface area contributed by atoms with Gasteiger partial charge in [-0.15, -0.1) is 0 Å². The summed E-state index contributed by atoms with van der Waals surface area (Å²) in [6, 6.07) is 0. The summed E-state index contributed by atoms with van der Waals surface area (Å²) in [5.74, 6) is 1.74. The van der Waals surface area contributed by atoms with Crippen LogP contribution in [-0.4, -0.2) is 24.6 Å². The zero-order valence-corrected chi connectivity index (χ0v) is 7.23. The van der Waals surface area contributed by atoms with E-state index in [1.807, 2.05) is 17.7 Å². The molecule has 0 radical (unpaired) electrons. The second-order valence-electron chi connectivity index (χ2n) is 2.82. The van der Waals surface area contributed by atoms with Crippen molar-refractivity contribution in [2.45, 2.75) is 13.5 Å². The Morgan fingerprint density at radius 3 is 2.92 bits per heavy atom. The van der Waals surface area contributed by atoms with Gasteiger partial charge in [0.1, 0.15) is 11.6 Å². The highest BCUT2D eigenvalue weighted by atomic mass is 16.3. The number of imidazole rings is 2. The Balaban J connectivity index is 2.19. The predicted octanol–water partition coefficient (Wildman–Crippen LogP) is 0.669. The van der Waals surface area contributed by atoms with E-state index in [4.69, 9.17) is 5.11 Å². The third-order valence-electron chi connectivity index (χ3n) is 1.86. The van der Waals surface area contributed by atoms with Gasteiger partial charge in [-0.3, -0.25) is 0 Å². The van der Waals surface area contributed by atoms with Crippen LogP contribution in [0.3, 0.4) is 0 Å². The Labute approximate surface area is 75.1 Å². The first kappa shape index (κ1) is 7.85. The third-order valence-corrected chi connectivity index (χ3v) is 1.86. The average molecular weight is 178 g/mol. The van der Waals surface area contributed by atoms with Crippen LogP contribution in [0, 0.1) is 6.92 Å². The van der Waals surface area contributed by atoms with Crippen LogP contribution in [0.4, 0.5) is 0 Å². The fourth-order valence-corrected chi connectivity index (χ4v) is 1.16. The summed E-state index contributed by atoms with van der Waals surface area (Å²) in [5.41, 5.74) is 0. The number of H-pyrrole nitrogens is 1. The molecule has 0 amide bonds. The van der Waals surface area contributed by atoms with Crippen LogP contribution in [0.2, 0.25) is 0 Å². The van der Waals surface area contributed by atoms with Gasteiger partial charge in [0, 0.05) is 12.4 Å². The van der Waals surface area contributed by atoms with E-state index in [1.54, 1.807) is 6.20 Å². The van der Waals surface area contributed by atoms with Gasteiger partial charge in [0.05, 0.1) is 12.7 Å². The number of nitrogens with one attached hydrogen (secondary N) is 1. The van der Waals surface area contributed by atoms with Crippen molar-refractivity contribution in [1.82, 2.24) is 19.5 Å². The van der Waals surface area contributed by atoms with Gasteiger partial charge in [-0.2, -0.15) is 0 Å². The summed E-state index contributed by atoms with van der Waals surface area (Å²) in [7, 11) is 0. The Bertz CT molecular complexity index is 404. The molecule has 0 aliphatic carbocycles. The highest BCUT2D eigenvalue weighted by Gasteiger charge is 2.01. The minimum absolute atomic E-state index is 0.0905. The van der Waals surface area contributed by atoms with E-state index < -0.39 is 0 Å². The molecule has 5 nitrogen and oxygen atoms in total. The molecule has 0 fully saturated rings. The maximum absolute atomic E-state index is 9.01. The van der Waals surface area contributed by atoms with E-state index >= 15 is 0 Å². The van der Waals surface area contributed by atoms with Gasteiger partial charge in [0.2, 0.25) is 5.88 Å². The van der Waals surface area contributed by atoms with Crippen LogP contribution in [0.1, 0.15) is 11.6 Å². The molecule has 0 saturated heterocycles. The molecular weight excluding hydrogens is 168 g/mol. The molecule has 0 spiro atoms. The summed E-state index contributed by atoms with van der Waals surface area (Å²) in [6.45, 7) is 2.52. The SMILES string of the molecule is Cc1nccn1Cc1ncc(O)[nH]1. The molecule has 0 saturated carbocycles. The lowest BCUT2D eigenvalue weighted by molar-refractivity contribution is 0.455. The van der Waals surface area contributed by atoms with Gasteiger partial charge in [0.25, 0.3) is 0 Å². The van der Waals surface area contributed by atoms with E-state index in [0.29, 0.717) is 6.54 Å². The van der Waals surface area contributed by atoms with Gasteiger partial charge in [0.15, 0.2) is 0 Å². The van der Waals surface area contributed by atoms with Crippen molar-refractivity contribution in [3.63, 3.8) is 0 Å². The molecular formula is C8H10N4O. The normalized spacial score (nSPS) is 10.5. The first-order valence-corrected chi connectivity index (χ1v) is 3.96. The molecule has 2 heterocycles. The van der Waals surface area contributed by atoms with E-state index in [-0.39, 0.29) is 5.88 Å². The topological polar surface area (TPSA) is 66.7 Å². The number of rotatable bonds is 2. The molecule has 0 atom stereocenters. The highest BCUT2D eigenvalue weighted by molar-refractivity contribution is 5.06. The smallest absolute Gasteiger partial charge is 0.208 e. The van der Waals surface area contributed by atoms with E-state index in [9.17, 15) is 0 Å². The summed E-state index contributed by atoms with van der Waals surface area (Å²) in [6.07, 6.45) is 4.99. The van der Waals surface area contributed by atoms with Crippen LogP contribution in [0.15, 0.2) is 18.6 Å². The van der Waals surface area contributed by atoms with Crippen molar-refractivity contribution in [3.8, 4) is 5.88 Å². The monoisotopic (exact) mass is 178 g/mol. The second-order valence-corrected chi connectivity index (χ2v) is 2.82. The number of aromatic nitrogens is 4. The molecule has 0 aromatic carbocycles. The van der Waals surface area contributed by atoms with E-state index in [1.165, 1.54) is 6.20 Å². The van der Waals surface area contributed by atoms with Gasteiger partial charge < -0.3 is 14.7 Å². The maximum atomic E-state index is 9.01. The standard InChI is InChI=1S/C8H10N4O/c1-6-9-2-3-12(6)5-7-10-4-8(13)11-7/h2-4,13H,5H2,1H3,(H,10,11). The molecule has 0 aliphatic heterocycles. The van der Waals surface area contributed by atoms with Crippen LogP contribution in [0.5, 0.6) is 5.88 Å². The highest BCUT2D eigenvalue weighted by Crippen LogP contribution is 2.05. The Morgan fingerprint density at radius 2 is 2.38 bits per heavy atom. The summed E-state index contributed by atoms with van der Waals surface area (Å²) >= 11 is 0. The predicted molar refractivity (Wildman–Crippen MR) is 46.3 cm³/mol. The van der Waals surface area contributed by atoms with E-state index in [0.717, 1.165) is 11.6 Å². The van der Waals surface area contributed by atoms with Gasteiger partial charge in [-0.25, -0.2) is 9.97 Å². The quantitative estimate of drug-likeness (QED) is 0.710. The Hall–Kier alpha value is -1.78. The van der Waals surface area contributed by atoms with Gasteiger partial charge >= 0.3 is 0 Å². The molecule has 2 N–H and O–H groups in total. The number of aromatic hydroxyl groups is 1. The second kappa shape index (κ2) is 2.93. The number of aromatic amines is 1. The number of aryl methyl sites for hydroxylation is 1. The van der Waals surface area contributed by atoms with Crippen LogP contribution in [0.25, 0.3) is 0 Å². The molecule has 5 heteroatoms. The lowest BCUT2D eigenvalue weighted by atomic mass is 10.5. The van der Waals surface area contributed by atoms with Crippen LogP contribution < -0.4 is 0 Å². The molecule has 2 aromatic heterocycles. The number of hydrogen-bond acceptors (Lipinski definition) is 3. The molecule has 13 heavy (non-hydrogen) atoms. The average Bonchev–Trinajstić information content (AvgIpc) is 2.64. The zero-order valence-electron chi connectivity index (χ0n) is 7.23. The zero-order chi connectivity index (χ0) is 9.26. The van der Waals surface area contributed by atoms with Crippen molar-refractivity contribution in [1.29, 1.82) is 0 Å². The summed E-state index contributed by atoms with van der Waals surface area (Å²) in [5, 5.41) is 9.01. The minimum atomic E-state index is 0.0905. The van der Waals surface area contributed by atoms with E-state index in [2.05, 4.69) is 15.0 Å². The Kier molecular flexibility index (Phi) is 1.77. The largest absolute Gasteiger partial charge is 0.493 e. The molecule has 2 rings (SSSR count). The maximum Gasteiger partial charge on any atom is 0.208 e. The van der Waals surface area contributed by atoms with Crippen LogP contribution >= 0.6 is 0 Å². The molecule has 68 valence electrons. The molecule has 0 bridgehead atoms. The van der Waals surface area contributed by atoms with Crippen LogP contribution in [-0.2, 0) is 6.54 Å². The fourth-order valence-electron chi connectivity index (χ4n) is 1.16. The molecule has 0 aliphatic rings. The van der Waals surface area contributed by atoms with Crippen molar-refractivity contribution in [2.75, 3.05) is 0 Å². The lowest BCUT2D eigenvalue weighted by Gasteiger charge is -2.00. The third kappa shape index (κ3) is 1.53. The molecule has 0 unspecified atom stereocenters. The fraction of sp³-hybridized carbons (Fsp3) is 0.250. The minimum Gasteiger partial charge on any atom is -0.493 e. The van der Waals surface area contributed by atoms with Gasteiger partial charge in [-0.05, 0) is 6.92 Å². The summed E-state index contributed by atoms with van der Waals surface area (Å²) < 4.78 is 1.94. The van der Waals surface area contributed by atoms with Crippen molar-refractivity contribution >= 4 is 0 Å². The summed E-state index contributed by atoms with van der Waals surface area (Å²) in [4.78, 5) is 10.8. The molecule has 2 aromatic rings. The number of nitrogens with zero attached hydrogens (tertiary/aromatic N) is 3. The van der Waals surface area contributed by atoms with Crippen molar-refractivity contribution in [2.24, 2.45) is 0 Å². The Morgan fingerprint density at radius 1 is 1.54 bits per heavy atom. The van der Waals surface area contributed by atoms with Crippen molar-refractivity contribution in [3.05, 3.63) is 30.2 Å².